The first-order chi connectivity index (χ1) is 33.0. The second-order valence-corrected chi connectivity index (χ2v) is 20.5. The van der Waals surface area contributed by atoms with Gasteiger partial charge in [0, 0.05) is 0 Å². The Morgan fingerprint density at radius 2 is 1.12 bits per heavy atom. The predicted octanol–water partition coefficient (Wildman–Crippen LogP) is 7.50. The van der Waals surface area contributed by atoms with E-state index in [1.54, 1.807) is 0 Å². The molecule has 0 saturated carbocycles. The lowest BCUT2D eigenvalue weighted by Crippen LogP contribution is -2.11. The molecule has 0 aliphatic carbocycles. The van der Waals surface area contributed by atoms with E-state index in [0.717, 1.165) is 15.4 Å². The number of rotatable bonds is 25. The average Bonchev–Trinajstić information content (AvgIpc) is 3.84. The lowest BCUT2D eigenvalue weighted by Gasteiger charge is -2.09. The summed E-state index contributed by atoms with van der Waals surface area (Å²) in [6, 6.07) is 18.6. The van der Waals surface area contributed by atoms with Gasteiger partial charge in [0.15, 0.2) is 55.7 Å². The van der Waals surface area contributed by atoms with Crippen molar-refractivity contribution in [1.82, 2.24) is 19.6 Å². The number of aromatic nitrogens is 4. The maximum Gasteiger partial charge on any atom is 0.296 e. The van der Waals surface area contributed by atoms with Crippen LogP contribution in [0.2, 0.25) is 0 Å². The number of azo groups is 2. The maximum atomic E-state index is 12.7. The summed E-state index contributed by atoms with van der Waals surface area (Å²) < 4.78 is 110. The Labute approximate surface area is 401 Å². The molecule has 2 aromatic heterocycles. The summed E-state index contributed by atoms with van der Waals surface area (Å²) in [5, 5.41) is 81.9. The van der Waals surface area contributed by atoms with Crippen LogP contribution in [0.1, 0.15) is 5.69 Å². The topological polar surface area (TPSA) is 383 Å². The highest BCUT2D eigenvalue weighted by Crippen LogP contribution is 2.40. The number of aromatic hydroxyl groups is 2. The van der Waals surface area contributed by atoms with Gasteiger partial charge < -0.3 is 10.2 Å². The van der Waals surface area contributed by atoms with Gasteiger partial charge in [-0.3, -0.25) is 12.9 Å². The Bertz CT molecular complexity index is 3140. The summed E-state index contributed by atoms with van der Waals surface area (Å²) >= 11 is 0.928. The summed E-state index contributed by atoms with van der Waals surface area (Å²) in [5.74, 6) is -1.91. The number of sulfone groups is 2. The molecule has 0 aliphatic rings. The van der Waals surface area contributed by atoms with E-state index in [2.05, 4.69) is 58.8 Å². The third-order valence-electron chi connectivity index (χ3n) is 8.90. The van der Waals surface area contributed by atoms with Crippen molar-refractivity contribution >= 4 is 89.2 Å². The van der Waals surface area contributed by atoms with Crippen molar-refractivity contribution in [3.05, 3.63) is 96.8 Å². The molecule has 28 nitrogen and oxygen atoms in total. The molecule has 0 radical (unpaired) electrons. The Kier molecular flexibility index (Phi) is 18.3. The summed E-state index contributed by atoms with van der Waals surface area (Å²) in [5.41, 5.74) is 0.539. The second-order valence-electron chi connectivity index (χ2n) is 13.1. The van der Waals surface area contributed by atoms with Gasteiger partial charge in [-0.25, -0.2) is 32.6 Å². The van der Waals surface area contributed by atoms with Gasteiger partial charge in [0.2, 0.25) is 11.8 Å². The van der Waals surface area contributed by atoms with Gasteiger partial charge in [0.1, 0.15) is 16.3 Å². The second kappa shape index (κ2) is 23.9. The van der Waals surface area contributed by atoms with Crippen molar-refractivity contribution in [1.29, 1.82) is 0 Å². The smallest absolute Gasteiger partial charge is 0.296 e. The highest BCUT2D eigenvalue weighted by molar-refractivity contribution is 7.94. The van der Waals surface area contributed by atoms with Crippen molar-refractivity contribution in [2.75, 3.05) is 24.7 Å². The van der Waals surface area contributed by atoms with Crippen LogP contribution < -0.4 is 0 Å². The lowest BCUT2D eigenvalue weighted by atomic mass is 10.0. The SMILES string of the molecule is Cc1nn(-c2ccc(S(=O)(=O)CCOSOOO)cc2)c(O)c1N=Nc1ccc(-c2ccc(N=Nc3cnn(-c4ccc(S(=O)(=O)CCOSOOO)cc4)c3O)c(SOOO)c2)cc1S(=O)(=O)O. The van der Waals surface area contributed by atoms with E-state index < -0.39 is 58.0 Å². The molecule has 0 bridgehead atoms. The van der Waals surface area contributed by atoms with Crippen LogP contribution in [0.3, 0.4) is 0 Å². The van der Waals surface area contributed by atoms with E-state index in [1.165, 1.54) is 92.0 Å². The molecule has 0 unspecified atom stereocenters. The van der Waals surface area contributed by atoms with E-state index in [4.69, 9.17) is 24.1 Å². The van der Waals surface area contributed by atoms with Crippen molar-refractivity contribution < 1.29 is 92.3 Å². The molecule has 0 saturated heterocycles. The quantitative estimate of drug-likeness (QED) is 0.00806. The lowest BCUT2D eigenvalue weighted by molar-refractivity contribution is -0.434. The van der Waals surface area contributed by atoms with Gasteiger partial charge >= 0.3 is 0 Å². The van der Waals surface area contributed by atoms with Gasteiger partial charge in [-0.15, -0.1) is 33.5 Å². The van der Waals surface area contributed by atoms with Crippen LogP contribution in [0.4, 0.5) is 22.7 Å². The van der Waals surface area contributed by atoms with Crippen molar-refractivity contribution in [2.24, 2.45) is 20.5 Å². The standard InChI is InChI=1S/C35H32N8O20S6/c1-21-33(35(45)43(41-21)25-6-10-27(11-7-25)68(51,52)17-15-57-66-63-60-48)40-38-29-13-3-23(19-32(29)69(53,54)55)22-2-12-28(31(18-22)64-61-58-46)37-39-30-20-36-42(34(30)44)24-4-8-26(9-5-24)67(49,50)16-14-56-65-62-59-47/h2-13,18-20,44-48H,14-17H2,1H3,(H,53,54,55). The first-order valence-corrected chi connectivity index (χ1v) is 25.3. The molecule has 368 valence electrons. The molecule has 6 aromatic rings. The number of hydrogen-bond donors (Lipinski definition) is 6. The molecule has 0 atom stereocenters. The molecule has 6 rings (SSSR count). The largest absolute Gasteiger partial charge is 0.492 e. The normalized spacial score (nSPS) is 12.5. The Morgan fingerprint density at radius 1 is 0.609 bits per heavy atom. The van der Waals surface area contributed by atoms with E-state index in [0.29, 0.717) is 17.6 Å². The molecule has 2 heterocycles. The molecule has 4 aromatic carbocycles. The van der Waals surface area contributed by atoms with Crippen molar-refractivity contribution in [3.63, 3.8) is 0 Å². The number of benzene rings is 4. The van der Waals surface area contributed by atoms with Gasteiger partial charge in [-0.1, -0.05) is 27.2 Å². The Balaban J connectivity index is 1.19. The van der Waals surface area contributed by atoms with Crippen molar-refractivity contribution in [3.8, 4) is 34.3 Å². The molecule has 0 spiro atoms. The van der Waals surface area contributed by atoms with Gasteiger partial charge in [-0.05, 0) is 90.8 Å². The zero-order valence-electron chi connectivity index (χ0n) is 34.4. The summed E-state index contributed by atoms with van der Waals surface area (Å²) in [4.78, 5) is -0.704. The van der Waals surface area contributed by atoms with Crippen LogP contribution in [-0.2, 0) is 66.3 Å². The molecular weight excluding hydrogens is 1040 g/mol. The number of aryl methyl sites for hydroxylation is 1. The minimum Gasteiger partial charge on any atom is -0.492 e. The third kappa shape index (κ3) is 13.7. The van der Waals surface area contributed by atoms with Crippen LogP contribution in [0.5, 0.6) is 11.8 Å². The number of hydrogen-bond acceptors (Lipinski definition) is 28. The van der Waals surface area contributed by atoms with E-state index in [-0.39, 0.29) is 97.9 Å². The molecule has 69 heavy (non-hydrogen) atoms. The minimum absolute atomic E-state index is 0.0639. The summed E-state index contributed by atoms with van der Waals surface area (Å²) in [7, 11) is -12.6. The fourth-order valence-electron chi connectivity index (χ4n) is 5.73. The van der Waals surface area contributed by atoms with Gasteiger partial charge in [0.25, 0.3) is 10.1 Å². The third-order valence-corrected chi connectivity index (χ3v) is 14.6. The Hall–Kier alpha value is -5.48. The zero-order chi connectivity index (χ0) is 49.8. The van der Waals surface area contributed by atoms with Crippen LogP contribution in [0, 0.1) is 6.92 Å². The number of nitrogens with zero attached hydrogens (tertiary/aromatic N) is 8. The van der Waals surface area contributed by atoms with E-state index in [1.807, 2.05) is 0 Å². The molecule has 34 heteroatoms. The molecule has 0 amide bonds. The fourth-order valence-corrected chi connectivity index (χ4v) is 9.67. The van der Waals surface area contributed by atoms with Crippen LogP contribution >= 0.6 is 36.7 Å². The highest BCUT2D eigenvalue weighted by Gasteiger charge is 2.22. The summed E-state index contributed by atoms with van der Waals surface area (Å²) in [6.07, 6.45) is 1.17. The molecule has 0 aliphatic heterocycles. The van der Waals surface area contributed by atoms with Crippen LogP contribution in [-0.4, -0.2) is 100 Å². The first kappa shape index (κ1) is 52.9. The highest BCUT2D eigenvalue weighted by atomic mass is 32.2. The first-order valence-electron chi connectivity index (χ1n) is 18.5. The Morgan fingerprint density at radius 3 is 1.67 bits per heavy atom. The zero-order valence-corrected chi connectivity index (χ0v) is 39.3. The van der Waals surface area contributed by atoms with Gasteiger partial charge in [-0.2, -0.15) is 28.0 Å². The van der Waals surface area contributed by atoms with Crippen LogP contribution in [0.25, 0.3) is 22.5 Å². The van der Waals surface area contributed by atoms with Crippen molar-refractivity contribution in [2.45, 2.75) is 26.5 Å². The molecular formula is C35H32N8O20S6. The van der Waals surface area contributed by atoms with E-state index in [9.17, 15) is 40.0 Å². The maximum absolute atomic E-state index is 12.7. The molecule has 0 fully saturated rings. The van der Waals surface area contributed by atoms with E-state index >= 15 is 0 Å². The summed E-state index contributed by atoms with van der Waals surface area (Å²) in [6.45, 7) is 0.866. The monoisotopic (exact) mass is 1080 g/mol. The predicted molar refractivity (Wildman–Crippen MR) is 237 cm³/mol. The van der Waals surface area contributed by atoms with Crippen LogP contribution in [0.15, 0.2) is 131 Å². The van der Waals surface area contributed by atoms with Gasteiger partial charge in [0.05, 0.1) is 74.7 Å². The average molecular weight is 1080 g/mol. The minimum atomic E-state index is -4.97. The molecule has 6 N–H and O–H groups in total. The fraction of sp³-hybridized carbons (Fsp3) is 0.143.